The Bertz CT molecular complexity index is 1370. The molecular formula is C23H25N5O4S. The first-order chi connectivity index (χ1) is 15.9. The molecule has 0 spiro atoms. The van der Waals surface area contributed by atoms with Crippen LogP contribution >= 0.6 is 0 Å². The number of benzene rings is 1. The van der Waals surface area contributed by atoms with Gasteiger partial charge in [-0.1, -0.05) is 11.2 Å². The number of nitrogens with zero attached hydrogens (tertiary/aromatic N) is 5. The molecule has 0 amide bonds. The number of aryl methyl sites for hydroxylation is 1. The van der Waals surface area contributed by atoms with E-state index in [-0.39, 0.29) is 6.10 Å². The molecule has 5 rings (SSSR count). The molecule has 172 valence electrons. The molecule has 1 fully saturated rings. The van der Waals surface area contributed by atoms with Crippen LogP contribution in [0, 0.1) is 6.92 Å². The van der Waals surface area contributed by atoms with Gasteiger partial charge < -0.3 is 18.7 Å². The first-order valence-electron chi connectivity index (χ1n) is 10.8. The molecule has 4 heterocycles. The van der Waals surface area contributed by atoms with Crippen LogP contribution in [0.1, 0.15) is 24.2 Å². The van der Waals surface area contributed by atoms with E-state index in [4.69, 9.17) is 9.26 Å². The summed E-state index contributed by atoms with van der Waals surface area (Å²) in [5.74, 6) is 1.41. The van der Waals surface area contributed by atoms with E-state index in [1.54, 1.807) is 12.1 Å². The Balaban J connectivity index is 1.20. The van der Waals surface area contributed by atoms with Crippen LogP contribution in [0.2, 0.25) is 0 Å². The van der Waals surface area contributed by atoms with Crippen molar-refractivity contribution < 1.29 is 17.7 Å². The predicted molar refractivity (Wildman–Crippen MR) is 123 cm³/mol. The molecule has 0 N–H and O–H groups in total. The smallest absolute Gasteiger partial charge is 0.324 e. The first kappa shape index (κ1) is 21.6. The third-order valence-electron chi connectivity index (χ3n) is 5.86. The number of sulfone groups is 1. The Hall–Kier alpha value is -3.24. The Morgan fingerprint density at radius 1 is 1.15 bits per heavy atom. The van der Waals surface area contributed by atoms with Crippen LogP contribution in [0.25, 0.3) is 16.7 Å². The third kappa shape index (κ3) is 4.62. The van der Waals surface area contributed by atoms with Gasteiger partial charge >= 0.3 is 6.01 Å². The monoisotopic (exact) mass is 467 g/mol. The second-order valence-electron chi connectivity index (χ2n) is 8.32. The van der Waals surface area contributed by atoms with Crippen LogP contribution in [0.5, 0.6) is 0 Å². The Morgan fingerprint density at radius 2 is 1.97 bits per heavy atom. The van der Waals surface area contributed by atoms with Crippen molar-refractivity contribution in [1.29, 1.82) is 0 Å². The van der Waals surface area contributed by atoms with E-state index >= 15 is 0 Å². The lowest BCUT2D eigenvalue weighted by atomic mass is 10.1. The van der Waals surface area contributed by atoms with Crippen molar-refractivity contribution in [1.82, 2.24) is 19.7 Å². The standard InChI is InChI=1S/C23H25N5O4S/c1-16-25-23(32-26-16)27-10-8-19(9-11-27)31-15-17-3-6-22(24-14-17)28-12-7-18-13-20(33(2,29)30)4-5-21(18)28/h3-7,12-14,19H,8-11,15H2,1-2H3. The Morgan fingerprint density at radius 3 is 2.64 bits per heavy atom. The topological polar surface area (TPSA) is 103 Å². The van der Waals surface area contributed by atoms with Gasteiger partial charge in [-0.25, -0.2) is 13.4 Å². The molecule has 9 nitrogen and oxygen atoms in total. The number of pyridine rings is 1. The quantitative estimate of drug-likeness (QED) is 0.426. The second kappa shape index (κ2) is 8.60. The van der Waals surface area contributed by atoms with Crippen molar-refractivity contribution in [3.05, 3.63) is 60.2 Å². The number of hydrogen-bond acceptors (Lipinski definition) is 8. The van der Waals surface area contributed by atoms with Crippen LogP contribution in [-0.2, 0) is 21.2 Å². The van der Waals surface area contributed by atoms with Crippen LogP contribution in [-0.4, -0.2) is 53.6 Å². The molecule has 1 aliphatic rings. The van der Waals surface area contributed by atoms with E-state index in [0.717, 1.165) is 48.2 Å². The SMILES string of the molecule is Cc1noc(N2CCC(OCc3ccc(-n4ccc5cc(S(C)(=O)=O)ccc54)nc3)CC2)n1. The van der Waals surface area contributed by atoms with Gasteiger partial charge in [0.15, 0.2) is 15.7 Å². The highest BCUT2D eigenvalue weighted by Crippen LogP contribution is 2.24. The molecule has 10 heteroatoms. The summed E-state index contributed by atoms with van der Waals surface area (Å²) in [7, 11) is -3.24. The molecule has 0 saturated carbocycles. The zero-order chi connectivity index (χ0) is 23.0. The van der Waals surface area contributed by atoms with Gasteiger partial charge in [0.25, 0.3) is 0 Å². The second-order valence-corrected chi connectivity index (χ2v) is 10.3. The zero-order valence-corrected chi connectivity index (χ0v) is 19.3. The summed E-state index contributed by atoms with van der Waals surface area (Å²) >= 11 is 0. The van der Waals surface area contributed by atoms with Crippen LogP contribution in [0.4, 0.5) is 6.01 Å². The van der Waals surface area contributed by atoms with E-state index in [2.05, 4.69) is 20.0 Å². The predicted octanol–water partition coefficient (Wildman–Crippen LogP) is 3.31. The number of ether oxygens (including phenoxy) is 1. The summed E-state index contributed by atoms with van der Waals surface area (Å²) in [4.78, 5) is 11.3. The largest absolute Gasteiger partial charge is 0.373 e. The van der Waals surface area contributed by atoms with E-state index in [9.17, 15) is 8.42 Å². The lowest BCUT2D eigenvalue weighted by Crippen LogP contribution is -2.37. The van der Waals surface area contributed by atoms with Crippen molar-refractivity contribution in [3.8, 4) is 5.82 Å². The van der Waals surface area contributed by atoms with Crippen molar-refractivity contribution in [2.45, 2.75) is 37.4 Å². The molecule has 0 bridgehead atoms. The Labute approximate surface area is 191 Å². The maximum Gasteiger partial charge on any atom is 0.324 e. The summed E-state index contributed by atoms with van der Waals surface area (Å²) in [6.45, 7) is 3.97. The van der Waals surface area contributed by atoms with Gasteiger partial charge in [0.2, 0.25) is 0 Å². The fourth-order valence-corrected chi connectivity index (χ4v) is 4.69. The fourth-order valence-electron chi connectivity index (χ4n) is 4.04. The van der Waals surface area contributed by atoms with Crippen LogP contribution in [0.3, 0.4) is 0 Å². The minimum Gasteiger partial charge on any atom is -0.373 e. The highest BCUT2D eigenvalue weighted by Gasteiger charge is 2.23. The number of rotatable bonds is 6. The normalized spacial score (nSPS) is 15.4. The first-order valence-corrected chi connectivity index (χ1v) is 12.7. The van der Waals surface area contributed by atoms with Crippen molar-refractivity contribution in [2.75, 3.05) is 24.2 Å². The van der Waals surface area contributed by atoms with Gasteiger partial charge in [0.05, 0.1) is 23.1 Å². The molecule has 33 heavy (non-hydrogen) atoms. The number of hydrogen-bond donors (Lipinski definition) is 0. The minimum atomic E-state index is -3.24. The van der Waals surface area contributed by atoms with Crippen LogP contribution < -0.4 is 4.90 Å². The number of piperidine rings is 1. The molecule has 0 unspecified atom stereocenters. The summed E-state index contributed by atoms with van der Waals surface area (Å²) in [6.07, 6.45) is 6.92. The maximum absolute atomic E-state index is 11.8. The fraction of sp³-hybridized carbons (Fsp3) is 0.348. The highest BCUT2D eigenvalue weighted by molar-refractivity contribution is 7.90. The molecule has 3 aromatic heterocycles. The average molecular weight is 468 g/mol. The van der Waals surface area contributed by atoms with Gasteiger partial charge in [0, 0.05) is 37.1 Å². The van der Waals surface area contributed by atoms with Gasteiger partial charge in [-0.3, -0.25) is 0 Å². The molecular weight excluding hydrogens is 442 g/mol. The van der Waals surface area contributed by atoms with Crippen molar-refractivity contribution >= 4 is 26.8 Å². The molecule has 0 radical (unpaired) electrons. The van der Waals surface area contributed by atoms with Crippen molar-refractivity contribution in [2.24, 2.45) is 0 Å². The van der Waals surface area contributed by atoms with Gasteiger partial charge in [0.1, 0.15) is 5.82 Å². The molecule has 1 saturated heterocycles. The molecule has 4 aromatic rings. The van der Waals surface area contributed by atoms with Crippen molar-refractivity contribution in [3.63, 3.8) is 0 Å². The lowest BCUT2D eigenvalue weighted by Gasteiger charge is -2.30. The highest BCUT2D eigenvalue weighted by atomic mass is 32.2. The average Bonchev–Trinajstić information content (AvgIpc) is 3.44. The summed E-state index contributed by atoms with van der Waals surface area (Å²) < 4.78 is 36.9. The van der Waals surface area contributed by atoms with E-state index in [1.165, 1.54) is 6.26 Å². The van der Waals surface area contributed by atoms with Crippen LogP contribution in [0.15, 0.2) is 58.2 Å². The lowest BCUT2D eigenvalue weighted by molar-refractivity contribution is 0.0244. The summed E-state index contributed by atoms with van der Waals surface area (Å²) in [5, 5.41) is 4.71. The molecule has 0 atom stereocenters. The molecule has 0 aliphatic carbocycles. The number of anilines is 1. The van der Waals surface area contributed by atoms with Gasteiger partial charge in [-0.05, 0) is 55.7 Å². The third-order valence-corrected chi connectivity index (χ3v) is 6.97. The molecule has 1 aliphatic heterocycles. The summed E-state index contributed by atoms with van der Waals surface area (Å²) in [5.41, 5.74) is 1.91. The number of aromatic nitrogens is 4. The van der Waals surface area contributed by atoms with E-state index < -0.39 is 9.84 Å². The maximum atomic E-state index is 11.8. The van der Waals surface area contributed by atoms with E-state index in [1.807, 2.05) is 48.1 Å². The molecule has 1 aromatic carbocycles. The summed E-state index contributed by atoms with van der Waals surface area (Å²) in [6, 6.07) is 11.6. The van der Waals surface area contributed by atoms with E-state index in [0.29, 0.717) is 23.3 Å². The Kier molecular flexibility index (Phi) is 5.63. The zero-order valence-electron chi connectivity index (χ0n) is 18.5. The minimum absolute atomic E-state index is 0.183. The van der Waals surface area contributed by atoms with Gasteiger partial charge in [-0.15, -0.1) is 0 Å². The number of fused-ring (bicyclic) bond motifs is 1. The van der Waals surface area contributed by atoms with Gasteiger partial charge in [-0.2, -0.15) is 4.98 Å².